The second kappa shape index (κ2) is 2.12. The summed E-state index contributed by atoms with van der Waals surface area (Å²) in [6, 6.07) is 0. The molecule has 5 heteroatoms. The number of hydrogen-bond acceptors (Lipinski definition) is 4. The van der Waals surface area contributed by atoms with Crippen molar-refractivity contribution in [1.82, 2.24) is 15.4 Å². The Bertz CT molecular complexity index is 337. The number of anilines is 1. The first-order valence-electron chi connectivity index (χ1n) is 3.07. The van der Waals surface area contributed by atoms with Crippen LogP contribution in [0.15, 0.2) is 23.1 Å². The van der Waals surface area contributed by atoms with E-state index in [2.05, 4.69) is 15.4 Å². The Hall–Kier alpha value is -1.78. The van der Waals surface area contributed by atoms with E-state index in [9.17, 15) is 0 Å². The predicted molar refractivity (Wildman–Crippen MR) is 38.5 cm³/mol. The highest BCUT2D eigenvalue weighted by Gasteiger charge is 2.07. The van der Waals surface area contributed by atoms with Crippen LogP contribution in [0, 0.1) is 0 Å². The van der Waals surface area contributed by atoms with Crippen molar-refractivity contribution >= 4 is 5.69 Å². The lowest BCUT2D eigenvalue weighted by molar-refractivity contribution is 0.432. The molecule has 2 rings (SSSR count). The molecule has 0 unspecified atom stereocenters. The number of nitrogens with one attached hydrogen (secondary N) is 1. The van der Waals surface area contributed by atoms with Crippen molar-refractivity contribution in [2.24, 2.45) is 0 Å². The molecule has 0 fully saturated rings. The SMILES string of the molecule is Nc1cnoc1-c1cn[nH]c1. The second-order valence-electron chi connectivity index (χ2n) is 2.10. The van der Waals surface area contributed by atoms with Crippen molar-refractivity contribution in [2.75, 3.05) is 5.73 Å². The first-order chi connectivity index (χ1) is 5.38. The van der Waals surface area contributed by atoms with E-state index in [4.69, 9.17) is 10.3 Å². The Kier molecular flexibility index (Phi) is 1.15. The van der Waals surface area contributed by atoms with Gasteiger partial charge in [0.05, 0.1) is 18.0 Å². The van der Waals surface area contributed by atoms with Crippen LogP contribution in [0.25, 0.3) is 11.3 Å². The van der Waals surface area contributed by atoms with Crippen molar-refractivity contribution in [1.29, 1.82) is 0 Å². The standard InChI is InChI=1S/C6H6N4O/c7-5-3-10-11-6(5)4-1-8-9-2-4/h1-3H,7H2,(H,8,9). The molecule has 0 aromatic carbocycles. The summed E-state index contributed by atoms with van der Waals surface area (Å²) in [6.07, 6.45) is 4.77. The summed E-state index contributed by atoms with van der Waals surface area (Å²) in [5.41, 5.74) is 6.86. The Morgan fingerprint density at radius 1 is 1.45 bits per heavy atom. The molecule has 2 aromatic heterocycles. The molecule has 0 amide bonds. The number of nitrogens with zero attached hydrogens (tertiary/aromatic N) is 2. The Morgan fingerprint density at radius 2 is 2.36 bits per heavy atom. The predicted octanol–water partition coefficient (Wildman–Crippen LogP) is 0.647. The quantitative estimate of drug-likeness (QED) is 0.625. The van der Waals surface area contributed by atoms with Crippen LogP contribution in [0.3, 0.4) is 0 Å². The van der Waals surface area contributed by atoms with Crippen LogP contribution in [-0.2, 0) is 0 Å². The number of nitrogens with two attached hydrogens (primary N) is 1. The van der Waals surface area contributed by atoms with E-state index in [0.29, 0.717) is 11.4 Å². The fourth-order valence-electron chi connectivity index (χ4n) is 0.842. The van der Waals surface area contributed by atoms with Crippen molar-refractivity contribution < 1.29 is 4.52 Å². The van der Waals surface area contributed by atoms with Gasteiger partial charge in [-0.3, -0.25) is 5.10 Å². The molecule has 0 aliphatic rings. The Morgan fingerprint density at radius 3 is 2.91 bits per heavy atom. The second-order valence-corrected chi connectivity index (χ2v) is 2.10. The molecule has 0 saturated carbocycles. The van der Waals surface area contributed by atoms with Crippen LogP contribution >= 0.6 is 0 Å². The van der Waals surface area contributed by atoms with Crippen molar-refractivity contribution in [3.63, 3.8) is 0 Å². The maximum atomic E-state index is 5.53. The zero-order valence-electron chi connectivity index (χ0n) is 5.61. The molecule has 0 aliphatic heterocycles. The van der Waals surface area contributed by atoms with Crippen LogP contribution < -0.4 is 5.73 Å². The molecule has 0 saturated heterocycles. The van der Waals surface area contributed by atoms with E-state index in [1.807, 2.05) is 0 Å². The summed E-state index contributed by atoms with van der Waals surface area (Å²) < 4.78 is 4.87. The van der Waals surface area contributed by atoms with Gasteiger partial charge in [0, 0.05) is 6.20 Å². The van der Waals surface area contributed by atoms with Gasteiger partial charge in [-0.1, -0.05) is 5.16 Å². The normalized spacial score (nSPS) is 10.2. The highest BCUT2D eigenvalue weighted by molar-refractivity contribution is 5.68. The summed E-state index contributed by atoms with van der Waals surface area (Å²) in [6.45, 7) is 0. The number of rotatable bonds is 1. The fourth-order valence-corrected chi connectivity index (χ4v) is 0.842. The highest BCUT2D eigenvalue weighted by atomic mass is 16.5. The van der Waals surface area contributed by atoms with Gasteiger partial charge in [-0.25, -0.2) is 0 Å². The van der Waals surface area contributed by atoms with Crippen LogP contribution in [0.1, 0.15) is 0 Å². The molecule has 2 aromatic rings. The molecule has 2 heterocycles. The largest absolute Gasteiger partial charge is 0.394 e. The first-order valence-corrected chi connectivity index (χ1v) is 3.07. The van der Waals surface area contributed by atoms with Gasteiger partial charge in [-0.2, -0.15) is 5.10 Å². The molecule has 3 N–H and O–H groups in total. The third-order valence-electron chi connectivity index (χ3n) is 1.36. The van der Waals surface area contributed by atoms with Crippen LogP contribution in [0.2, 0.25) is 0 Å². The zero-order valence-corrected chi connectivity index (χ0v) is 5.61. The smallest absolute Gasteiger partial charge is 0.192 e. The van der Waals surface area contributed by atoms with Crippen LogP contribution in [0.4, 0.5) is 5.69 Å². The molecule has 56 valence electrons. The highest BCUT2D eigenvalue weighted by Crippen LogP contribution is 2.23. The fraction of sp³-hybridized carbons (Fsp3) is 0. The number of hydrogen-bond donors (Lipinski definition) is 2. The lowest BCUT2D eigenvalue weighted by Gasteiger charge is -1.87. The summed E-state index contributed by atoms with van der Waals surface area (Å²) >= 11 is 0. The van der Waals surface area contributed by atoms with E-state index in [1.54, 1.807) is 12.4 Å². The van der Waals surface area contributed by atoms with Crippen molar-refractivity contribution in [3.05, 3.63) is 18.6 Å². The van der Waals surface area contributed by atoms with Gasteiger partial charge < -0.3 is 10.3 Å². The van der Waals surface area contributed by atoms with Crippen molar-refractivity contribution in [2.45, 2.75) is 0 Å². The molecule has 11 heavy (non-hydrogen) atoms. The van der Waals surface area contributed by atoms with E-state index < -0.39 is 0 Å². The average Bonchev–Trinajstić information content (AvgIpc) is 2.55. The topological polar surface area (TPSA) is 80.7 Å². The molecule has 0 bridgehead atoms. The van der Waals surface area contributed by atoms with E-state index in [-0.39, 0.29) is 0 Å². The van der Waals surface area contributed by atoms with Gasteiger partial charge in [0.25, 0.3) is 0 Å². The minimum Gasteiger partial charge on any atom is -0.394 e. The van der Waals surface area contributed by atoms with Gasteiger partial charge in [-0.05, 0) is 0 Å². The monoisotopic (exact) mass is 150 g/mol. The van der Waals surface area contributed by atoms with Gasteiger partial charge >= 0.3 is 0 Å². The Balaban J connectivity index is 2.53. The third-order valence-corrected chi connectivity index (χ3v) is 1.36. The van der Waals surface area contributed by atoms with E-state index in [1.165, 1.54) is 6.20 Å². The zero-order chi connectivity index (χ0) is 7.68. The lowest BCUT2D eigenvalue weighted by atomic mass is 10.2. The van der Waals surface area contributed by atoms with Crippen LogP contribution in [0.5, 0.6) is 0 Å². The number of aromatic amines is 1. The summed E-state index contributed by atoms with van der Waals surface area (Å²) in [7, 11) is 0. The van der Waals surface area contributed by atoms with Crippen LogP contribution in [-0.4, -0.2) is 15.4 Å². The molecular formula is C6H6N4O. The number of nitrogen functional groups attached to an aromatic ring is 1. The molecule has 0 spiro atoms. The van der Waals surface area contributed by atoms with Gasteiger partial charge in [0.1, 0.15) is 5.69 Å². The van der Waals surface area contributed by atoms with E-state index >= 15 is 0 Å². The molecule has 5 nitrogen and oxygen atoms in total. The van der Waals surface area contributed by atoms with Gasteiger partial charge in [0.15, 0.2) is 5.76 Å². The lowest BCUT2D eigenvalue weighted by Crippen LogP contribution is -1.82. The molecule has 0 aliphatic carbocycles. The minimum atomic E-state index is 0.520. The minimum absolute atomic E-state index is 0.520. The summed E-state index contributed by atoms with van der Waals surface area (Å²) in [4.78, 5) is 0. The van der Waals surface area contributed by atoms with Gasteiger partial charge in [-0.15, -0.1) is 0 Å². The maximum absolute atomic E-state index is 5.53. The van der Waals surface area contributed by atoms with Crippen molar-refractivity contribution in [3.8, 4) is 11.3 Å². The number of H-pyrrole nitrogens is 1. The number of aromatic nitrogens is 3. The molecule has 0 radical (unpaired) electrons. The maximum Gasteiger partial charge on any atom is 0.192 e. The first kappa shape index (κ1) is 5.96. The van der Waals surface area contributed by atoms with E-state index in [0.717, 1.165) is 5.56 Å². The Labute approximate surface area is 62.2 Å². The molecular weight excluding hydrogens is 144 g/mol. The third kappa shape index (κ3) is 0.861. The molecule has 0 atom stereocenters. The summed E-state index contributed by atoms with van der Waals surface area (Å²) in [5.74, 6) is 0.554. The summed E-state index contributed by atoms with van der Waals surface area (Å²) in [5, 5.41) is 9.94. The van der Waals surface area contributed by atoms with Gasteiger partial charge in [0.2, 0.25) is 0 Å². The average molecular weight is 150 g/mol.